The maximum absolute atomic E-state index is 13.6. The van der Waals surface area contributed by atoms with Gasteiger partial charge in [-0.2, -0.15) is 5.26 Å². The zero-order valence-corrected chi connectivity index (χ0v) is 10.3. The van der Waals surface area contributed by atoms with Gasteiger partial charge in [-0.25, -0.2) is 4.39 Å². The number of carbonyl (C=O) groups is 1. The van der Waals surface area contributed by atoms with E-state index in [4.69, 9.17) is 10.4 Å². The van der Waals surface area contributed by atoms with Gasteiger partial charge in [0.15, 0.2) is 0 Å². The van der Waals surface area contributed by atoms with Crippen molar-refractivity contribution in [2.75, 3.05) is 32.7 Å². The minimum Gasteiger partial charge on any atom is -0.508 e. The van der Waals surface area contributed by atoms with Crippen LogP contribution >= 0.6 is 0 Å². The molecule has 6 heteroatoms. The monoisotopic (exact) mass is 263 g/mol. The van der Waals surface area contributed by atoms with Gasteiger partial charge >= 0.3 is 0 Å². The van der Waals surface area contributed by atoms with Crippen molar-refractivity contribution in [3.63, 3.8) is 0 Å². The number of benzene rings is 1. The fraction of sp³-hybridized carbons (Fsp3) is 0.385. The van der Waals surface area contributed by atoms with Gasteiger partial charge in [0, 0.05) is 32.2 Å². The van der Waals surface area contributed by atoms with Gasteiger partial charge in [-0.1, -0.05) is 0 Å². The maximum atomic E-state index is 13.6. The first-order chi connectivity index (χ1) is 9.11. The third-order valence-corrected chi connectivity index (χ3v) is 3.14. The van der Waals surface area contributed by atoms with Gasteiger partial charge in [-0.05, 0) is 12.1 Å². The molecule has 0 aliphatic carbocycles. The summed E-state index contributed by atoms with van der Waals surface area (Å²) in [4.78, 5) is 15.6. The summed E-state index contributed by atoms with van der Waals surface area (Å²) >= 11 is 0. The first kappa shape index (κ1) is 13.3. The van der Waals surface area contributed by atoms with Gasteiger partial charge in [0.2, 0.25) is 0 Å². The van der Waals surface area contributed by atoms with E-state index in [-0.39, 0.29) is 17.2 Å². The number of nitrogens with zero attached hydrogens (tertiary/aromatic N) is 3. The average Bonchev–Trinajstić information content (AvgIpc) is 2.39. The molecule has 1 aromatic rings. The van der Waals surface area contributed by atoms with Crippen LogP contribution in [0.3, 0.4) is 0 Å². The molecule has 2 rings (SSSR count). The summed E-state index contributed by atoms with van der Waals surface area (Å²) < 4.78 is 13.6. The van der Waals surface area contributed by atoms with Crippen LogP contribution in [0.1, 0.15) is 10.4 Å². The lowest BCUT2D eigenvalue weighted by Gasteiger charge is -2.33. The minimum atomic E-state index is -0.718. The van der Waals surface area contributed by atoms with Gasteiger partial charge in [0.05, 0.1) is 18.2 Å². The molecule has 1 aliphatic heterocycles. The summed E-state index contributed by atoms with van der Waals surface area (Å²) in [6.45, 7) is 2.51. The molecule has 1 heterocycles. The Hall–Kier alpha value is -2.13. The summed E-state index contributed by atoms with van der Waals surface area (Å²) in [6, 6.07) is 5.57. The Labute approximate surface area is 110 Å². The number of nitriles is 1. The van der Waals surface area contributed by atoms with E-state index in [1.807, 2.05) is 4.90 Å². The average molecular weight is 263 g/mol. The molecule has 0 atom stereocenters. The number of hydrogen-bond donors (Lipinski definition) is 1. The third kappa shape index (κ3) is 3.01. The number of halogens is 1. The first-order valence-electron chi connectivity index (χ1n) is 5.99. The first-order valence-corrected chi connectivity index (χ1v) is 5.99. The van der Waals surface area contributed by atoms with Crippen molar-refractivity contribution in [2.24, 2.45) is 0 Å². The Morgan fingerprint density at radius 2 is 2.05 bits per heavy atom. The molecule has 100 valence electrons. The van der Waals surface area contributed by atoms with Crippen LogP contribution in [-0.4, -0.2) is 53.5 Å². The predicted octanol–water partition coefficient (Wildman–Crippen LogP) is 0.813. The van der Waals surface area contributed by atoms with Crippen molar-refractivity contribution >= 4 is 5.91 Å². The summed E-state index contributed by atoms with van der Waals surface area (Å²) in [7, 11) is 0. The Morgan fingerprint density at radius 1 is 1.37 bits per heavy atom. The highest BCUT2D eigenvalue weighted by Crippen LogP contribution is 2.17. The standard InChI is InChI=1S/C13H14FN3O2/c14-12-9-10(18)1-2-11(12)13(19)17-7-5-16(4-3-15)6-8-17/h1-2,9,18H,4-8H2. The zero-order valence-electron chi connectivity index (χ0n) is 10.3. The van der Waals surface area contributed by atoms with E-state index in [1.54, 1.807) is 4.90 Å². The summed E-state index contributed by atoms with van der Waals surface area (Å²) in [5, 5.41) is 17.7. The highest BCUT2D eigenvalue weighted by atomic mass is 19.1. The van der Waals surface area contributed by atoms with Crippen LogP contribution in [0.4, 0.5) is 4.39 Å². The number of amides is 1. The van der Waals surface area contributed by atoms with Crippen LogP contribution in [0.2, 0.25) is 0 Å². The largest absolute Gasteiger partial charge is 0.508 e. The van der Waals surface area contributed by atoms with E-state index in [2.05, 4.69) is 6.07 Å². The Bertz CT molecular complexity index is 519. The Kier molecular flexibility index (Phi) is 3.97. The molecule has 1 aliphatic rings. The van der Waals surface area contributed by atoms with Crippen molar-refractivity contribution < 1.29 is 14.3 Å². The minimum absolute atomic E-state index is 0.0356. The number of aromatic hydroxyl groups is 1. The van der Waals surface area contributed by atoms with E-state index < -0.39 is 5.82 Å². The number of phenolic OH excluding ortho intramolecular Hbond substituents is 1. The molecule has 1 fully saturated rings. The van der Waals surface area contributed by atoms with Crippen molar-refractivity contribution in [3.05, 3.63) is 29.6 Å². The second kappa shape index (κ2) is 5.67. The van der Waals surface area contributed by atoms with E-state index in [9.17, 15) is 9.18 Å². The third-order valence-electron chi connectivity index (χ3n) is 3.14. The number of carbonyl (C=O) groups excluding carboxylic acids is 1. The Morgan fingerprint density at radius 3 is 2.63 bits per heavy atom. The molecule has 1 saturated heterocycles. The van der Waals surface area contributed by atoms with Crippen LogP contribution < -0.4 is 0 Å². The fourth-order valence-corrected chi connectivity index (χ4v) is 2.06. The normalized spacial score (nSPS) is 16.1. The van der Waals surface area contributed by atoms with Gasteiger partial charge in [-0.15, -0.1) is 0 Å². The summed E-state index contributed by atoms with van der Waals surface area (Å²) in [6.07, 6.45) is 0. The number of phenols is 1. The number of rotatable bonds is 2. The van der Waals surface area contributed by atoms with Crippen LogP contribution in [0.5, 0.6) is 5.75 Å². The highest BCUT2D eigenvalue weighted by molar-refractivity contribution is 5.94. The molecule has 0 spiro atoms. The SMILES string of the molecule is N#CCN1CCN(C(=O)c2ccc(O)cc2F)CC1. The second-order valence-corrected chi connectivity index (χ2v) is 4.39. The van der Waals surface area contributed by atoms with Crippen LogP contribution in [0.15, 0.2) is 18.2 Å². The molecule has 1 aromatic carbocycles. The highest BCUT2D eigenvalue weighted by Gasteiger charge is 2.23. The van der Waals surface area contributed by atoms with E-state index >= 15 is 0 Å². The lowest BCUT2D eigenvalue weighted by molar-refractivity contribution is 0.0647. The Balaban J connectivity index is 2.03. The molecular weight excluding hydrogens is 249 g/mol. The molecule has 0 saturated carbocycles. The molecule has 5 nitrogen and oxygen atoms in total. The molecule has 1 amide bonds. The van der Waals surface area contributed by atoms with E-state index in [0.29, 0.717) is 32.7 Å². The summed E-state index contributed by atoms with van der Waals surface area (Å²) in [5.41, 5.74) is -0.0356. The van der Waals surface area contributed by atoms with Gasteiger partial charge in [-0.3, -0.25) is 9.69 Å². The number of hydrogen-bond acceptors (Lipinski definition) is 4. The molecule has 0 aromatic heterocycles. The van der Waals surface area contributed by atoms with Crippen molar-refractivity contribution in [1.29, 1.82) is 5.26 Å². The molecule has 0 radical (unpaired) electrons. The van der Waals surface area contributed by atoms with Gasteiger partial charge in [0.25, 0.3) is 5.91 Å². The maximum Gasteiger partial charge on any atom is 0.256 e. The lowest BCUT2D eigenvalue weighted by atomic mass is 10.1. The quantitative estimate of drug-likeness (QED) is 0.802. The zero-order chi connectivity index (χ0) is 13.8. The molecule has 0 unspecified atom stereocenters. The van der Waals surface area contributed by atoms with E-state index in [1.165, 1.54) is 12.1 Å². The molecule has 1 N–H and O–H groups in total. The van der Waals surface area contributed by atoms with E-state index in [0.717, 1.165) is 6.07 Å². The second-order valence-electron chi connectivity index (χ2n) is 4.39. The molecular formula is C13H14FN3O2. The van der Waals surface area contributed by atoms with Crippen molar-refractivity contribution in [2.45, 2.75) is 0 Å². The van der Waals surface area contributed by atoms with Gasteiger partial charge in [0.1, 0.15) is 11.6 Å². The van der Waals surface area contributed by atoms with Crippen LogP contribution in [0, 0.1) is 17.1 Å². The number of piperazine rings is 1. The molecule has 0 bridgehead atoms. The fourth-order valence-electron chi connectivity index (χ4n) is 2.06. The summed E-state index contributed by atoms with van der Waals surface area (Å²) in [5.74, 6) is -1.30. The predicted molar refractivity (Wildman–Crippen MR) is 66.0 cm³/mol. The molecule has 19 heavy (non-hydrogen) atoms. The van der Waals surface area contributed by atoms with Crippen LogP contribution in [0.25, 0.3) is 0 Å². The van der Waals surface area contributed by atoms with Crippen molar-refractivity contribution in [1.82, 2.24) is 9.80 Å². The smallest absolute Gasteiger partial charge is 0.256 e. The lowest BCUT2D eigenvalue weighted by Crippen LogP contribution is -2.48. The van der Waals surface area contributed by atoms with Crippen molar-refractivity contribution in [3.8, 4) is 11.8 Å². The van der Waals surface area contributed by atoms with Gasteiger partial charge < -0.3 is 10.0 Å². The van der Waals surface area contributed by atoms with Crippen LogP contribution in [-0.2, 0) is 0 Å². The topological polar surface area (TPSA) is 67.6 Å².